The fraction of sp³-hybridized carbons (Fsp3) is 0.833. The van der Waals surface area contributed by atoms with Crippen LogP contribution in [-0.2, 0) is 9.47 Å². The van der Waals surface area contributed by atoms with Gasteiger partial charge in [0.25, 0.3) is 0 Å². The van der Waals surface area contributed by atoms with Gasteiger partial charge in [-0.05, 0) is 25.7 Å². The van der Waals surface area contributed by atoms with Crippen molar-refractivity contribution in [3.8, 4) is 12.3 Å². The number of unbranched alkanes of at least 4 members (excludes halogenated alkanes) is 1. The van der Waals surface area contributed by atoms with Gasteiger partial charge in [0.15, 0.2) is 6.29 Å². The fourth-order valence-corrected chi connectivity index (χ4v) is 1.58. The molecule has 80 valence electrons. The second-order valence-corrected chi connectivity index (χ2v) is 3.73. The Hall–Kier alpha value is -0.520. The topological polar surface area (TPSA) is 18.5 Å². The first-order valence-electron chi connectivity index (χ1n) is 5.60. The van der Waals surface area contributed by atoms with Crippen molar-refractivity contribution in [3.63, 3.8) is 0 Å². The molecule has 0 aromatic heterocycles. The molecule has 14 heavy (non-hydrogen) atoms. The molecular weight excluding hydrogens is 176 g/mol. The van der Waals surface area contributed by atoms with Crippen molar-refractivity contribution in [2.75, 3.05) is 6.61 Å². The maximum atomic E-state index is 5.68. The van der Waals surface area contributed by atoms with Gasteiger partial charge in [0.05, 0.1) is 0 Å². The Morgan fingerprint density at radius 2 is 2.43 bits per heavy atom. The number of ether oxygens (including phenoxy) is 2. The minimum Gasteiger partial charge on any atom is -0.353 e. The first-order chi connectivity index (χ1) is 6.86. The molecule has 2 nitrogen and oxygen atoms in total. The fourth-order valence-electron chi connectivity index (χ4n) is 1.58. The van der Waals surface area contributed by atoms with Gasteiger partial charge >= 0.3 is 0 Å². The van der Waals surface area contributed by atoms with Crippen molar-refractivity contribution in [3.05, 3.63) is 0 Å². The zero-order valence-corrected chi connectivity index (χ0v) is 9.00. The second kappa shape index (κ2) is 6.86. The van der Waals surface area contributed by atoms with Crippen LogP contribution in [0.2, 0.25) is 0 Å². The molecule has 0 radical (unpaired) electrons. The van der Waals surface area contributed by atoms with Gasteiger partial charge < -0.3 is 9.47 Å². The Balaban J connectivity index is 2.21. The number of hydrogen-bond donors (Lipinski definition) is 0. The zero-order chi connectivity index (χ0) is 10.2. The summed E-state index contributed by atoms with van der Waals surface area (Å²) in [5.74, 6) is 2.68. The van der Waals surface area contributed by atoms with Gasteiger partial charge in [-0.15, -0.1) is 6.42 Å². The molecule has 1 aliphatic heterocycles. The van der Waals surface area contributed by atoms with Gasteiger partial charge in [0.2, 0.25) is 0 Å². The normalized spacial score (nSPS) is 24.1. The first-order valence-corrected chi connectivity index (χ1v) is 5.60. The molecule has 0 saturated carbocycles. The minimum absolute atomic E-state index is 0.0540. The molecule has 0 spiro atoms. The van der Waals surface area contributed by atoms with Crippen molar-refractivity contribution < 1.29 is 9.47 Å². The molecule has 0 N–H and O–H groups in total. The van der Waals surface area contributed by atoms with Crippen LogP contribution in [0.4, 0.5) is 0 Å². The molecule has 1 saturated heterocycles. The molecule has 0 aromatic carbocycles. The van der Waals surface area contributed by atoms with Crippen LogP contribution in [0.3, 0.4) is 0 Å². The molecule has 2 heteroatoms. The summed E-state index contributed by atoms with van der Waals surface area (Å²) in [5, 5.41) is 0. The summed E-state index contributed by atoms with van der Waals surface area (Å²) < 4.78 is 11.2. The van der Waals surface area contributed by atoms with E-state index in [0.717, 1.165) is 38.7 Å². The van der Waals surface area contributed by atoms with E-state index in [2.05, 4.69) is 12.8 Å². The zero-order valence-electron chi connectivity index (χ0n) is 9.00. The first kappa shape index (κ1) is 11.6. The van der Waals surface area contributed by atoms with Crippen molar-refractivity contribution in [1.82, 2.24) is 0 Å². The van der Waals surface area contributed by atoms with Gasteiger partial charge in [-0.25, -0.2) is 0 Å². The van der Waals surface area contributed by atoms with Crippen LogP contribution >= 0.6 is 0 Å². The molecule has 1 rings (SSSR count). The highest BCUT2D eigenvalue weighted by Crippen LogP contribution is 2.17. The van der Waals surface area contributed by atoms with Crippen molar-refractivity contribution in [2.24, 2.45) is 0 Å². The van der Waals surface area contributed by atoms with Crippen LogP contribution in [0.5, 0.6) is 0 Å². The van der Waals surface area contributed by atoms with Crippen LogP contribution in [0, 0.1) is 12.3 Å². The summed E-state index contributed by atoms with van der Waals surface area (Å²) in [7, 11) is 0. The third-order valence-electron chi connectivity index (χ3n) is 2.46. The SMILES string of the molecule is C#CC(CCCC)OC1CCCCO1. The highest BCUT2D eigenvalue weighted by Gasteiger charge is 2.17. The summed E-state index contributed by atoms with van der Waals surface area (Å²) in [4.78, 5) is 0. The molecule has 1 heterocycles. The van der Waals surface area contributed by atoms with E-state index < -0.39 is 0 Å². The maximum absolute atomic E-state index is 5.68. The summed E-state index contributed by atoms with van der Waals surface area (Å²) in [6.45, 7) is 2.97. The van der Waals surface area contributed by atoms with Crippen LogP contribution in [0.25, 0.3) is 0 Å². The van der Waals surface area contributed by atoms with Crippen molar-refractivity contribution in [2.45, 2.75) is 57.8 Å². The monoisotopic (exact) mass is 196 g/mol. The number of terminal acetylenes is 1. The smallest absolute Gasteiger partial charge is 0.159 e. The molecule has 2 unspecified atom stereocenters. The average molecular weight is 196 g/mol. The molecule has 1 aliphatic rings. The Labute approximate surface area is 87.0 Å². The lowest BCUT2D eigenvalue weighted by Crippen LogP contribution is -2.27. The quantitative estimate of drug-likeness (QED) is 0.629. The van der Waals surface area contributed by atoms with Gasteiger partial charge in [-0.3, -0.25) is 0 Å². The summed E-state index contributed by atoms with van der Waals surface area (Å²) in [6, 6.07) is 0. The average Bonchev–Trinajstić information content (AvgIpc) is 2.25. The van der Waals surface area contributed by atoms with Crippen LogP contribution in [0.15, 0.2) is 0 Å². The van der Waals surface area contributed by atoms with Gasteiger partial charge in [-0.2, -0.15) is 0 Å². The summed E-state index contributed by atoms with van der Waals surface area (Å²) in [5.41, 5.74) is 0. The predicted molar refractivity (Wildman–Crippen MR) is 56.8 cm³/mol. The second-order valence-electron chi connectivity index (χ2n) is 3.73. The molecule has 0 amide bonds. The Kier molecular flexibility index (Phi) is 5.66. The third kappa shape index (κ3) is 4.13. The molecule has 2 atom stereocenters. The Morgan fingerprint density at radius 1 is 1.57 bits per heavy atom. The van der Waals surface area contributed by atoms with E-state index in [1.807, 2.05) is 0 Å². The van der Waals surface area contributed by atoms with E-state index in [0.29, 0.717) is 0 Å². The summed E-state index contributed by atoms with van der Waals surface area (Å²) >= 11 is 0. The molecular formula is C12H20O2. The van der Waals surface area contributed by atoms with E-state index in [-0.39, 0.29) is 12.4 Å². The van der Waals surface area contributed by atoms with Crippen LogP contribution in [-0.4, -0.2) is 19.0 Å². The minimum atomic E-state index is -0.0574. The maximum Gasteiger partial charge on any atom is 0.159 e. The lowest BCUT2D eigenvalue weighted by atomic mass is 10.1. The van der Waals surface area contributed by atoms with Gasteiger partial charge in [-0.1, -0.05) is 25.7 Å². The van der Waals surface area contributed by atoms with E-state index in [4.69, 9.17) is 15.9 Å². The number of hydrogen-bond acceptors (Lipinski definition) is 2. The standard InChI is InChI=1S/C12H20O2/c1-3-5-8-11(4-2)14-12-9-6-7-10-13-12/h2,11-12H,3,5-10H2,1H3. The highest BCUT2D eigenvalue weighted by molar-refractivity contribution is 4.94. The van der Waals surface area contributed by atoms with Crippen molar-refractivity contribution in [1.29, 1.82) is 0 Å². The van der Waals surface area contributed by atoms with E-state index >= 15 is 0 Å². The Morgan fingerprint density at radius 3 is 3.00 bits per heavy atom. The largest absolute Gasteiger partial charge is 0.353 e. The number of rotatable bonds is 5. The molecule has 0 aromatic rings. The lowest BCUT2D eigenvalue weighted by Gasteiger charge is -2.25. The van der Waals surface area contributed by atoms with Crippen LogP contribution < -0.4 is 0 Å². The highest BCUT2D eigenvalue weighted by atomic mass is 16.7. The van der Waals surface area contributed by atoms with Crippen molar-refractivity contribution >= 4 is 0 Å². The predicted octanol–water partition coefficient (Wildman–Crippen LogP) is 2.72. The van der Waals surface area contributed by atoms with E-state index in [1.54, 1.807) is 0 Å². The summed E-state index contributed by atoms with van der Waals surface area (Å²) in [6.07, 6.45) is 11.9. The molecule has 1 fully saturated rings. The molecule has 0 aliphatic carbocycles. The van der Waals surface area contributed by atoms with Gasteiger partial charge in [0.1, 0.15) is 6.10 Å². The van der Waals surface area contributed by atoms with Gasteiger partial charge in [0, 0.05) is 6.61 Å². The van der Waals surface area contributed by atoms with E-state index in [1.165, 1.54) is 6.42 Å². The Bertz CT molecular complexity index is 177. The molecule has 0 bridgehead atoms. The van der Waals surface area contributed by atoms with Crippen LogP contribution in [0.1, 0.15) is 45.4 Å². The lowest BCUT2D eigenvalue weighted by molar-refractivity contribution is -0.177. The van der Waals surface area contributed by atoms with E-state index in [9.17, 15) is 0 Å². The third-order valence-corrected chi connectivity index (χ3v) is 2.46.